The summed E-state index contributed by atoms with van der Waals surface area (Å²) in [5, 5.41) is 0. The van der Waals surface area contributed by atoms with E-state index in [4.69, 9.17) is 18.9 Å². The number of rotatable bonds is 5. The molecule has 0 spiro atoms. The van der Waals surface area contributed by atoms with Gasteiger partial charge in [0, 0.05) is 24.1 Å². The summed E-state index contributed by atoms with van der Waals surface area (Å²) in [5.41, 5.74) is 1.35. The summed E-state index contributed by atoms with van der Waals surface area (Å²) in [6.45, 7) is 5.08. The molecule has 8 heteroatoms. The van der Waals surface area contributed by atoms with E-state index < -0.39 is 10.0 Å². The second kappa shape index (κ2) is 6.84. The molecule has 2 aromatic carbocycles. The third-order valence-electron chi connectivity index (χ3n) is 4.37. The van der Waals surface area contributed by atoms with E-state index in [-0.39, 0.29) is 11.0 Å². The Labute approximate surface area is 158 Å². The average Bonchev–Trinajstić information content (AvgIpc) is 3.00. The lowest BCUT2D eigenvalue weighted by Gasteiger charge is -2.19. The highest BCUT2D eigenvalue weighted by Crippen LogP contribution is 2.39. The number of sulfonamides is 1. The molecule has 1 atom stereocenters. The Balaban J connectivity index is 1.67. The number of anilines is 1. The van der Waals surface area contributed by atoms with Crippen LogP contribution in [-0.2, 0) is 16.4 Å². The van der Waals surface area contributed by atoms with Gasteiger partial charge in [0.05, 0.1) is 17.2 Å². The van der Waals surface area contributed by atoms with Gasteiger partial charge in [0.2, 0.25) is 0 Å². The molecule has 2 heterocycles. The van der Waals surface area contributed by atoms with Crippen molar-refractivity contribution in [2.75, 3.05) is 24.5 Å². The van der Waals surface area contributed by atoms with Crippen molar-refractivity contribution in [1.82, 2.24) is 0 Å². The molecule has 4 rings (SSSR count). The minimum absolute atomic E-state index is 0.0547. The third kappa shape index (κ3) is 3.49. The highest BCUT2D eigenvalue weighted by molar-refractivity contribution is 7.92. The van der Waals surface area contributed by atoms with Gasteiger partial charge in [-0.15, -0.1) is 0 Å². The van der Waals surface area contributed by atoms with Crippen molar-refractivity contribution in [1.29, 1.82) is 0 Å². The summed E-state index contributed by atoms with van der Waals surface area (Å²) in [4.78, 5) is 0.0870. The van der Waals surface area contributed by atoms with E-state index in [1.807, 2.05) is 19.9 Å². The van der Waals surface area contributed by atoms with Crippen molar-refractivity contribution in [3.05, 3.63) is 35.9 Å². The molecular formula is C19H21NO6S. The molecule has 0 saturated carbocycles. The standard InChI is InChI=1S/C19H21NO6S/c1-3-23-18-9-13-8-12(2)26-17(13)11-15(18)20-27(21,22)14-4-5-16-19(10-14)25-7-6-24-16/h4-5,9-12,20H,3,6-8H2,1-2H3/t12-/m1/s1. The molecule has 0 aliphatic carbocycles. The lowest BCUT2D eigenvalue weighted by atomic mass is 10.1. The molecule has 1 N–H and O–H groups in total. The van der Waals surface area contributed by atoms with E-state index in [1.165, 1.54) is 12.1 Å². The molecule has 144 valence electrons. The number of hydrogen-bond acceptors (Lipinski definition) is 6. The molecule has 2 aliphatic rings. The van der Waals surface area contributed by atoms with Crippen LogP contribution < -0.4 is 23.7 Å². The van der Waals surface area contributed by atoms with Crippen molar-refractivity contribution in [2.45, 2.75) is 31.3 Å². The molecular weight excluding hydrogens is 370 g/mol. The molecule has 0 bridgehead atoms. The molecule has 0 amide bonds. The minimum atomic E-state index is -3.84. The van der Waals surface area contributed by atoms with Crippen LogP contribution in [-0.4, -0.2) is 34.3 Å². The fourth-order valence-corrected chi connectivity index (χ4v) is 4.26. The molecule has 2 aromatic rings. The van der Waals surface area contributed by atoms with Crippen LogP contribution >= 0.6 is 0 Å². The summed E-state index contributed by atoms with van der Waals surface area (Å²) >= 11 is 0. The maximum atomic E-state index is 12.9. The van der Waals surface area contributed by atoms with Gasteiger partial charge in [-0.3, -0.25) is 4.72 Å². The predicted molar refractivity (Wildman–Crippen MR) is 99.6 cm³/mol. The van der Waals surface area contributed by atoms with E-state index >= 15 is 0 Å². The van der Waals surface area contributed by atoms with E-state index in [1.54, 1.807) is 12.1 Å². The van der Waals surface area contributed by atoms with Gasteiger partial charge in [-0.05, 0) is 32.0 Å². The number of nitrogens with one attached hydrogen (secondary N) is 1. The molecule has 0 radical (unpaired) electrons. The fourth-order valence-electron chi connectivity index (χ4n) is 3.19. The van der Waals surface area contributed by atoms with Gasteiger partial charge >= 0.3 is 0 Å². The van der Waals surface area contributed by atoms with Gasteiger partial charge in [0.1, 0.15) is 30.8 Å². The Kier molecular flexibility index (Phi) is 4.51. The Morgan fingerprint density at radius 3 is 2.67 bits per heavy atom. The van der Waals surface area contributed by atoms with E-state index in [2.05, 4.69) is 4.72 Å². The summed E-state index contributed by atoms with van der Waals surface area (Å²) in [6, 6.07) is 8.06. The van der Waals surface area contributed by atoms with Crippen LogP contribution in [0, 0.1) is 0 Å². The van der Waals surface area contributed by atoms with Gasteiger partial charge in [0.15, 0.2) is 11.5 Å². The first-order valence-corrected chi connectivity index (χ1v) is 10.3. The second-order valence-electron chi connectivity index (χ2n) is 6.43. The van der Waals surface area contributed by atoms with Crippen molar-refractivity contribution < 1.29 is 27.4 Å². The smallest absolute Gasteiger partial charge is 0.262 e. The first-order chi connectivity index (χ1) is 13.0. The highest BCUT2D eigenvalue weighted by atomic mass is 32.2. The Bertz CT molecular complexity index is 972. The molecule has 0 saturated heterocycles. The van der Waals surface area contributed by atoms with Crippen molar-refractivity contribution in [3.63, 3.8) is 0 Å². The molecule has 0 fully saturated rings. The Hall–Kier alpha value is -2.61. The largest absolute Gasteiger partial charge is 0.492 e. The molecule has 0 aromatic heterocycles. The SMILES string of the molecule is CCOc1cc2c(cc1NS(=O)(=O)c1ccc3c(c1)OCCO3)O[C@H](C)C2. The van der Waals surface area contributed by atoms with Crippen LogP contribution in [0.15, 0.2) is 35.2 Å². The summed E-state index contributed by atoms with van der Waals surface area (Å²) in [6.07, 6.45) is 0.823. The van der Waals surface area contributed by atoms with Gasteiger partial charge in [0.25, 0.3) is 10.0 Å². The van der Waals surface area contributed by atoms with Crippen LogP contribution in [0.4, 0.5) is 5.69 Å². The van der Waals surface area contributed by atoms with Gasteiger partial charge in [-0.25, -0.2) is 8.42 Å². The summed E-state index contributed by atoms with van der Waals surface area (Å²) < 4.78 is 50.7. The predicted octanol–water partition coefficient (Wildman–Crippen LogP) is 2.98. The third-order valence-corrected chi connectivity index (χ3v) is 5.73. The number of benzene rings is 2. The van der Waals surface area contributed by atoms with Crippen LogP contribution in [0.3, 0.4) is 0 Å². The highest BCUT2D eigenvalue weighted by Gasteiger charge is 2.25. The molecule has 2 aliphatic heterocycles. The zero-order chi connectivity index (χ0) is 19.0. The number of hydrogen-bond donors (Lipinski definition) is 1. The van der Waals surface area contributed by atoms with E-state index in [9.17, 15) is 8.42 Å². The monoisotopic (exact) mass is 391 g/mol. The zero-order valence-corrected chi connectivity index (χ0v) is 16.0. The minimum Gasteiger partial charge on any atom is -0.492 e. The average molecular weight is 391 g/mol. The van der Waals surface area contributed by atoms with Gasteiger partial charge in [-0.1, -0.05) is 0 Å². The normalized spacial score (nSPS) is 17.8. The number of fused-ring (bicyclic) bond motifs is 2. The molecule has 0 unspecified atom stereocenters. The van der Waals surface area contributed by atoms with Gasteiger partial charge in [-0.2, -0.15) is 0 Å². The first kappa shape index (κ1) is 17.8. The van der Waals surface area contributed by atoms with Crippen molar-refractivity contribution >= 4 is 15.7 Å². The maximum absolute atomic E-state index is 12.9. The first-order valence-electron chi connectivity index (χ1n) is 8.85. The number of ether oxygens (including phenoxy) is 4. The van der Waals surface area contributed by atoms with Crippen LogP contribution in [0.1, 0.15) is 19.4 Å². The fraction of sp³-hybridized carbons (Fsp3) is 0.368. The van der Waals surface area contributed by atoms with Crippen molar-refractivity contribution in [3.8, 4) is 23.0 Å². The van der Waals surface area contributed by atoms with E-state index in [0.29, 0.717) is 48.5 Å². The lowest BCUT2D eigenvalue weighted by molar-refractivity contribution is 0.171. The molecule has 7 nitrogen and oxygen atoms in total. The zero-order valence-electron chi connectivity index (χ0n) is 15.2. The second-order valence-corrected chi connectivity index (χ2v) is 8.12. The van der Waals surface area contributed by atoms with Crippen LogP contribution in [0.5, 0.6) is 23.0 Å². The topological polar surface area (TPSA) is 83.1 Å². The van der Waals surface area contributed by atoms with Crippen LogP contribution in [0.2, 0.25) is 0 Å². The lowest BCUT2D eigenvalue weighted by Crippen LogP contribution is -2.17. The Morgan fingerprint density at radius 2 is 1.89 bits per heavy atom. The quantitative estimate of drug-likeness (QED) is 0.844. The van der Waals surface area contributed by atoms with Crippen LogP contribution in [0.25, 0.3) is 0 Å². The van der Waals surface area contributed by atoms with Gasteiger partial charge < -0.3 is 18.9 Å². The summed E-state index contributed by atoms with van der Waals surface area (Å²) in [5.74, 6) is 2.11. The Morgan fingerprint density at radius 1 is 1.11 bits per heavy atom. The maximum Gasteiger partial charge on any atom is 0.262 e. The van der Waals surface area contributed by atoms with E-state index in [0.717, 1.165) is 12.0 Å². The molecule has 27 heavy (non-hydrogen) atoms. The summed E-state index contributed by atoms with van der Waals surface area (Å²) in [7, 11) is -3.84. The van der Waals surface area contributed by atoms with Crippen molar-refractivity contribution in [2.24, 2.45) is 0 Å².